The van der Waals surface area contributed by atoms with Crippen molar-refractivity contribution in [2.24, 2.45) is 0 Å². The van der Waals surface area contributed by atoms with Gasteiger partial charge in [-0.3, -0.25) is 13.9 Å². The largest absolute Gasteiger partial charge is 0.354 e. The third-order valence-corrected chi connectivity index (χ3v) is 9.57. The second kappa shape index (κ2) is 14.3. The highest BCUT2D eigenvalue weighted by atomic mass is 35.5. The number of hydrogen-bond acceptors (Lipinski definition) is 5. The molecular formula is C29H33Cl2N3O4S2. The van der Waals surface area contributed by atoms with Crippen LogP contribution in [0.5, 0.6) is 0 Å². The van der Waals surface area contributed by atoms with Gasteiger partial charge in [-0.25, -0.2) is 8.42 Å². The molecule has 1 atom stereocenters. The van der Waals surface area contributed by atoms with Crippen molar-refractivity contribution >= 4 is 62.5 Å². The summed E-state index contributed by atoms with van der Waals surface area (Å²) < 4.78 is 28.9. The highest BCUT2D eigenvalue weighted by Crippen LogP contribution is 2.27. The first-order chi connectivity index (χ1) is 19.0. The second-order valence-electron chi connectivity index (χ2n) is 9.26. The van der Waals surface area contributed by atoms with E-state index in [9.17, 15) is 18.0 Å². The monoisotopic (exact) mass is 621 g/mol. The molecule has 0 bridgehead atoms. The molecule has 2 amide bonds. The zero-order valence-electron chi connectivity index (χ0n) is 22.9. The fraction of sp³-hybridized carbons (Fsp3) is 0.310. The number of nitrogens with zero attached hydrogens (tertiary/aromatic N) is 2. The van der Waals surface area contributed by atoms with Gasteiger partial charge in [0.25, 0.3) is 10.0 Å². The molecule has 40 heavy (non-hydrogen) atoms. The number of halogens is 2. The van der Waals surface area contributed by atoms with Gasteiger partial charge in [0.15, 0.2) is 0 Å². The average Bonchev–Trinajstić information content (AvgIpc) is 2.95. The summed E-state index contributed by atoms with van der Waals surface area (Å²) in [6.07, 6.45) is 2.63. The second-order valence-corrected chi connectivity index (χ2v) is 12.8. The summed E-state index contributed by atoms with van der Waals surface area (Å²) in [6, 6.07) is 17.5. The van der Waals surface area contributed by atoms with Gasteiger partial charge in [0.05, 0.1) is 20.6 Å². The lowest BCUT2D eigenvalue weighted by Gasteiger charge is -2.32. The van der Waals surface area contributed by atoms with E-state index in [0.717, 1.165) is 21.2 Å². The number of carbonyl (C=O) groups excluding carboxylic acids is 2. The first-order valence-corrected chi connectivity index (χ1v) is 16.1. The molecule has 3 aromatic rings. The van der Waals surface area contributed by atoms with Gasteiger partial charge < -0.3 is 10.2 Å². The van der Waals surface area contributed by atoms with Crippen molar-refractivity contribution in [2.45, 2.75) is 49.6 Å². The van der Waals surface area contributed by atoms with E-state index in [-0.39, 0.29) is 17.3 Å². The fourth-order valence-corrected chi connectivity index (χ4v) is 6.07. The molecule has 7 nitrogen and oxygen atoms in total. The summed E-state index contributed by atoms with van der Waals surface area (Å²) in [5, 5.41) is 3.49. The summed E-state index contributed by atoms with van der Waals surface area (Å²) >= 11 is 13.8. The molecule has 0 radical (unpaired) electrons. The number of carbonyl (C=O) groups is 2. The molecule has 0 spiro atoms. The van der Waals surface area contributed by atoms with Crippen LogP contribution in [0, 0.1) is 6.92 Å². The Balaban J connectivity index is 2.02. The van der Waals surface area contributed by atoms with Crippen LogP contribution >= 0.6 is 35.0 Å². The zero-order chi connectivity index (χ0) is 29.4. The van der Waals surface area contributed by atoms with Gasteiger partial charge in [-0.2, -0.15) is 0 Å². The van der Waals surface area contributed by atoms with Crippen molar-refractivity contribution in [3.63, 3.8) is 0 Å². The Morgan fingerprint density at radius 1 is 0.975 bits per heavy atom. The predicted octanol–water partition coefficient (Wildman–Crippen LogP) is 6.16. The molecule has 0 fully saturated rings. The van der Waals surface area contributed by atoms with Gasteiger partial charge in [0, 0.05) is 18.0 Å². The molecule has 0 aliphatic carbocycles. The molecule has 3 aromatic carbocycles. The Hall–Kier alpha value is -2.72. The number of aryl methyl sites for hydroxylation is 1. The predicted molar refractivity (Wildman–Crippen MR) is 164 cm³/mol. The number of nitrogens with one attached hydrogen (secondary N) is 1. The van der Waals surface area contributed by atoms with Gasteiger partial charge >= 0.3 is 0 Å². The minimum Gasteiger partial charge on any atom is -0.354 e. The Morgan fingerprint density at radius 2 is 1.62 bits per heavy atom. The summed E-state index contributed by atoms with van der Waals surface area (Å²) in [5.41, 5.74) is 1.93. The fourth-order valence-electron chi connectivity index (χ4n) is 3.93. The van der Waals surface area contributed by atoms with Crippen LogP contribution in [0.1, 0.15) is 31.4 Å². The lowest BCUT2D eigenvalue weighted by atomic mass is 10.1. The van der Waals surface area contributed by atoms with Crippen molar-refractivity contribution in [3.05, 3.63) is 87.9 Å². The molecule has 0 aliphatic rings. The quantitative estimate of drug-likeness (QED) is 0.245. The van der Waals surface area contributed by atoms with Crippen molar-refractivity contribution in [1.29, 1.82) is 0 Å². The highest BCUT2D eigenvalue weighted by molar-refractivity contribution is 7.98. The summed E-state index contributed by atoms with van der Waals surface area (Å²) in [6.45, 7) is 5.41. The summed E-state index contributed by atoms with van der Waals surface area (Å²) in [4.78, 5) is 29.2. The van der Waals surface area contributed by atoms with Crippen LogP contribution in [-0.4, -0.2) is 50.5 Å². The first kappa shape index (κ1) is 31.8. The molecule has 11 heteroatoms. The molecule has 3 rings (SSSR count). The van der Waals surface area contributed by atoms with E-state index in [1.165, 1.54) is 28.8 Å². The first-order valence-electron chi connectivity index (χ1n) is 12.7. The van der Waals surface area contributed by atoms with Crippen LogP contribution in [0.3, 0.4) is 0 Å². The van der Waals surface area contributed by atoms with E-state index in [4.69, 9.17) is 23.2 Å². The van der Waals surface area contributed by atoms with Crippen LogP contribution in [0.25, 0.3) is 0 Å². The number of rotatable bonds is 12. The molecule has 0 heterocycles. The van der Waals surface area contributed by atoms with Gasteiger partial charge in [0.1, 0.15) is 12.6 Å². The minimum absolute atomic E-state index is 0.0284. The third-order valence-electron chi connectivity index (χ3n) is 6.30. The standard InChI is InChI=1S/C29H33Cl2N3O4S2/c1-5-16-32-29(36)21(3)33(18-22-8-15-26(30)27(31)17-22)28(35)19-34(23-9-6-20(2)7-10-23)40(37,38)25-13-11-24(39-4)12-14-25/h6-15,17,21H,5,16,18-19H2,1-4H3,(H,32,36)/t21-/m1/s1. The van der Waals surface area contributed by atoms with Gasteiger partial charge in [-0.1, -0.05) is 53.9 Å². The van der Waals surface area contributed by atoms with Gasteiger partial charge in [-0.05, 0) is 80.6 Å². The van der Waals surface area contributed by atoms with Gasteiger partial charge in [-0.15, -0.1) is 11.8 Å². The van der Waals surface area contributed by atoms with Crippen molar-refractivity contribution < 1.29 is 18.0 Å². The summed E-state index contributed by atoms with van der Waals surface area (Å²) in [7, 11) is -4.13. The average molecular weight is 623 g/mol. The zero-order valence-corrected chi connectivity index (χ0v) is 26.0. The minimum atomic E-state index is -4.13. The van der Waals surface area contributed by atoms with Crippen LogP contribution in [-0.2, 0) is 26.2 Å². The van der Waals surface area contributed by atoms with Crippen LogP contribution in [0.15, 0.2) is 76.5 Å². The molecular weight excluding hydrogens is 589 g/mol. The number of anilines is 1. The van der Waals surface area contributed by atoms with Crippen LogP contribution < -0.4 is 9.62 Å². The maximum Gasteiger partial charge on any atom is 0.264 e. The Kier molecular flexibility index (Phi) is 11.3. The topological polar surface area (TPSA) is 86.8 Å². The van der Waals surface area contributed by atoms with E-state index < -0.39 is 28.5 Å². The molecule has 1 N–H and O–H groups in total. The van der Waals surface area contributed by atoms with E-state index in [1.54, 1.807) is 61.5 Å². The van der Waals surface area contributed by atoms with E-state index in [2.05, 4.69) is 5.32 Å². The lowest BCUT2D eigenvalue weighted by molar-refractivity contribution is -0.139. The lowest BCUT2D eigenvalue weighted by Crippen LogP contribution is -2.51. The van der Waals surface area contributed by atoms with E-state index in [0.29, 0.717) is 27.8 Å². The Morgan fingerprint density at radius 3 is 2.20 bits per heavy atom. The molecule has 0 saturated carbocycles. The SMILES string of the molecule is CCCNC(=O)[C@@H](C)N(Cc1ccc(Cl)c(Cl)c1)C(=O)CN(c1ccc(C)cc1)S(=O)(=O)c1ccc(SC)cc1. The Bertz CT molecular complexity index is 1430. The van der Waals surface area contributed by atoms with Crippen LogP contribution in [0.4, 0.5) is 5.69 Å². The molecule has 0 aliphatic heterocycles. The summed E-state index contributed by atoms with van der Waals surface area (Å²) in [5.74, 6) is -0.886. The maximum absolute atomic E-state index is 13.9. The van der Waals surface area contributed by atoms with Crippen molar-refractivity contribution in [3.8, 4) is 0 Å². The molecule has 0 unspecified atom stereocenters. The number of hydrogen-bond donors (Lipinski definition) is 1. The Labute approximate surface area is 250 Å². The number of amides is 2. The smallest absolute Gasteiger partial charge is 0.264 e. The molecule has 0 aromatic heterocycles. The van der Waals surface area contributed by atoms with Crippen LogP contribution in [0.2, 0.25) is 10.0 Å². The normalized spacial score (nSPS) is 12.1. The van der Waals surface area contributed by atoms with Crippen molar-refractivity contribution in [2.75, 3.05) is 23.7 Å². The number of sulfonamides is 1. The molecule has 214 valence electrons. The van der Waals surface area contributed by atoms with E-state index >= 15 is 0 Å². The number of benzene rings is 3. The van der Waals surface area contributed by atoms with Gasteiger partial charge in [0.2, 0.25) is 11.8 Å². The van der Waals surface area contributed by atoms with E-state index in [1.807, 2.05) is 20.1 Å². The molecule has 0 saturated heterocycles. The third kappa shape index (κ3) is 7.94. The number of thioether (sulfide) groups is 1. The van der Waals surface area contributed by atoms with Crippen molar-refractivity contribution in [1.82, 2.24) is 10.2 Å². The highest BCUT2D eigenvalue weighted by Gasteiger charge is 2.32. The maximum atomic E-state index is 13.9.